The molecule has 3 nitrogen and oxygen atoms in total. The van der Waals surface area contributed by atoms with Gasteiger partial charge in [-0.25, -0.2) is 4.39 Å². The molecule has 0 aliphatic heterocycles. The topological polar surface area (TPSA) is 49.7 Å². The van der Waals surface area contributed by atoms with Crippen LogP contribution in [0, 0.1) is 5.82 Å². The van der Waals surface area contributed by atoms with E-state index in [0.29, 0.717) is 11.2 Å². The van der Waals surface area contributed by atoms with Gasteiger partial charge >= 0.3 is 7.12 Å². The molecule has 0 fully saturated rings. The average molecular weight is 246 g/mol. The van der Waals surface area contributed by atoms with Gasteiger partial charge in [0.05, 0.1) is 0 Å². The minimum atomic E-state index is -1.48. The van der Waals surface area contributed by atoms with E-state index >= 15 is 0 Å². The highest BCUT2D eigenvalue weighted by atomic mass is 19.1. The molecule has 0 amide bonds. The SMILES string of the molecule is OB(O)c1ccc(OCc2cccc(F)c2)cc1. The Morgan fingerprint density at radius 2 is 1.78 bits per heavy atom. The van der Waals surface area contributed by atoms with E-state index in [1.807, 2.05) is 0 Å². The predicted molar refractivity (Wildman–Crippen MR) is 67.0 cm³/mol. The zero-order valence-corrected chi connectivity index (χ0v) is 9.58. The lowest BCUT2D eigenvalue weighted by molar-refractivity contribution is 0.305. The van der Waals surface area contributed by atoms with Crippen LogP contribution in [0.4, 0.5) is 4.39 Å². The van der Waals surface area contributed by atoms with Crippen molar-refractivity contribution in [3.8, 4) is 5.75 Å². The second-order valence-electron chi connectivity index (χ2n) is 3.86. The first kappa shape index (κ1) is 12.6. The Morgan fingerprint density at radius 3 is 2.39 bits per heavy atom. The van der Waals surface area contributed by atoms with E-state index in [2.05, 4.69) is 0 Å². The van der Waals surface area contributed by atoms with Gasteiger partial charge in [-0.1, -0.05) is 24.3 Å². The van der Waals surface area contributed by atoms with E-state index in [1.54, 1.807) is 36.4 Å². The van der Waals surface area contributed by atoms with E-state index in [-0.39, 0.29) is 12.4 Å². The van der Waals surface area contributed by atoms with Crippen molar-refractivity contribution in [1.29, 1.82) is 0 Å². The molecule has 0 saturated heterocycles. The minimum Gasteiger partial charge on any atom is -0.489 e. The van der Waals surface area contributed by atoms with Crippen molar-refractivity contribution in [3.05, 3.63) is 59.9 Å². The summed E-state index contributed by atoms with van der Waals surface area (Å²) in [6, 6.07) is 12.6. The Morgan fingerprint density at radius 1 is 1.06 bits per heavy atom. The molecule has 2 N–H and O–H groups in total. The molecular formula is C13H12BFO3. The first-order valence-corrected chi connectivity index (χ1v) is 5.48. The first-order valence-electron chi connectivity index (χ1n) is 5.48. The number of ether oxygens (including phenoxy) is 1. The van der Waals surface area contributed by atoms with Crippen LogP contribution in [0.15, 0.2) is 48.5 Å². The first-order chi connectivity index (χ1) is 8.65. The monoisotopic (exact) mass is 246 g/mol. The quantitative estimate of drug-likeness (QED) is 0.794. The molecule has 0 atom stereocenters. The van der Waals surface area contributed by atoms with E-state index in [0.717, 1.165) is 5.56 Å². The second-order valence-corrected chi connectivity index (χ2v) is 3.86. The van der Waals surface area contributed by atoms with Gasteiger partial charge in [-0.3, -0.25) is 0 Å². The van der Waals surface area contributed by atoms with Crippen LogP contribution in [0.25, 0.3) is 0 Å². The third-order valence-electron chi connectivity index (χ3n) is 2.47. The van der Waals surface area contributed by atoms with Crippen molar-refractivity contribution in [1.82, 2.24) is 0 Å². The number of hydrogen-bond acceptors (Lipinski definition) is 3. The van der Waals surface area contributed by atoms with Crippen molar-refractivity contribution < 1.29 is 19.2 Å². The molecule has 2 aromatic carbocycles. The minimum absolute atomic E-state index is 0.263. The summed E-state index contributed by atoms with van der Waals surface area (Å²) in [5.41, 5.74) is 1.13. The highest BCUT2D eigenvalue weighted by molar-refractivity contribution is 6.58. The van der Waals surface area contributed by atoms with Gasteiger partial charge in [-0.15, -0.1) is 0 Å². The average Bonchev–Trinajstić information content (AvgIpc) is 2.37. The fraction of sp³-hybridized carbons (Fsp3) is 0.0769. The van der Waals surface area contributed by atoms with Crippen molar-refractivity contribution in [2.75, 3.05) is 0 Å². The van der Waals surface area contributed by atoms with Gasteiger partial charge in [0, 0.05) is 0 Å². The maximum absolute atomic E-state index is 12.9. The van der Waals surface area contributed by atoms with Crippen molar-refractivity contribution in [3.63, 3.8) is 0 Å². The maximum atomic E-state index is 12.9. The van der Waals surface area contributed by atoms with Crippen LogP contribution in [0.3, 0.4) is 0 Å². The van der Waals surface area contributed by atoms with E-state index in [4.69, 9.17) is 14.8 Å². The summed E-state index contributed by atoms with van der Waals surface area (Å²) in [5, 5.41) is 17.9. The lowest BCUT2D eigenvalue weighted by atomic mass is 9.80. The van der Waals surface area contributed by atoms with Crippen molar-refractivity contribution in [2.45, 2.75) is 6.61 Å². The standard InChI is InChI=1S/C13H12BFO3/c15-12-3-1-2-10(8-12)9-18-13-6-4-11(5-7-13)14(16)17/h1-8,16-17H,9H2. The van der Waals surface area contributed by atoms with Crippen LogP contribution in [0.1, 0.15) is 5.56 Å². The Balaban J connectivity index is 1.98. The van der Waals surface area contributed by atoms with E-state index in [9.17, 15) is 4.39 Å². The normalized spacial score (nSPS) is 10.2. The van der Waals surface area contributed by atoms with Crippen molar-refractivity contribution in [2.24, 2.45) is 0 Å². The van der Waals surface area contributed by atoms with E-state index < -0.39 is 7.12 Å². The fourth-order valence-corrected chi connectivity index (χ4v) is 1.53. The van der Waals surface area contributed by atoms with Crippen LogP contribution in [0.5, 0.6) is 5.75 Å². The molecule has 18 heavy (non-hydrogen) atoms. The molecular weight excluding hydrogens is 234 g/mol. The van der Waals surface area contributed by atoms with E-state index in [1.165, 1.54) is 12.1 Å². The molecule has 0 spiro atoms. The molecule has 5 heteroatoms. The molecule has 2 aromatic rings. The Bertz CT molecular complexity index is 514. The summed E-state index contributed by atoms with van der Waals surface area (Å²) in [4.78, 5) is 0. The van der Waals surface area contributed by atoms with Gasteiger partial charge < -0.3 is 14.8 Å². The number of benzene rings is 2. The van der Waals surface area contributed by atoms with Gasteiger partial charge in [0.2, 0.25) is 0 Å². The van der Waals surface area contributed by atoms with Gasteiger partial charge in [-0.2, -0.15) is 0 Å². The lowest BCUT2D eigenvalue weighted by Gasteiger charge is -2.07. The van der Waals surface area contributed by atoms with Gasteiger partial charge in [-0.05, 0) is 35.3 Å². The lowest BCUT2D eigenvalue weighted by Crippen LogP contribution is -2.29. The van der Waals surface area contributed by atoms with Gasteiger partial charge in [0.1, 0.15) is 18.2 Å². The van der Waals surface area contributed by atoms with Crippen LogP contribution < -0.4 is 10.2 Å². The maximum Gasteiger partial charge on any atom is 0.488 e. The van der Waals surface area contributed by atoms with Gasteiger partial charge in [0.25, 0.3) is 0 Å². The molecule has 0 aliphatic carbocycles. The molecule has 0 aliphatic rings. The summed E-state index contributed by atoms with van der Waals surface area (Å²) < 4.78 is 18.4. The summed E-state index contributed by atoms with van der Waals surface area (Å²) >= 11 is 0. The molecule has 0 saturated carbocycles. The Kier molecular flexibility index (Phi) is 3.97. The molecule has 2 rings (SSSR count). The largest absolute Gasteiger partial charge is 0.489 e. The third-order valence-corrected chi connectivity index (χ3v) is 2.47. The Hall–Kier alpha value is -1.85. The number of hydrogen-bond donors (Lipinski definition) is 2. The number of halogens is 1. The molecule has 0 radical (unpaired) electrons. The fourth-order valence-electron chi connectivity index (χ4n) is 1.53. The third kappa shape index (κ3) is 3.32. The zero-order valence-electron chi connectivity index (χ0n) is 9.58. The summed E-state index contributed by atoms with van der Waals surface area (Å²) in [6.45, 7) is 0.263. The molecule has 92 valence electrons. The zero-order chi connectivity index (χ0) is 13.0. The summed E-state index contributed by atoms with van der Waals surface area (Å²) in [6.07, 6.45) is 0. The van der Waals surface area contributed by atoms with Crippen LogP contribution in [-0.4, -0.2) is 17.2 Å². The molecule has 0 bridgehead atoms. The molecule has 0 heterocycles. The van der Waals surface area contributed by atoms with Crippen LogP contribution >= 0.6 is 0 Å². The second kappa shape index (κ2) is 5.66. The van der Waals surface area contributed by atoms with Crippen molar-refractivity contribution >= 4 is 12.6 Å². The van der Waals surface area contributed by atoms with Crippen LogP contribution in [-0.2, 0) is 6.61 Å². The number of rotatable bonds is 4. The highest BCUT2D eigenvalue weighted by Gasteiger charge is 2.09. The summed E-state index contributed by atoms with van der Waals surface area (Å²) in [5.74, 6) is 0.290. The smallest absolute Gasteiger partial charge is 0.488 e. The van der Waals surface area contributed by atoms with Crippen LogP contribution in [0.2, 0.25) is 0 Å². The molecule has 0 unspecified atom stereocenters. The molecule has 0 aromatic heterocycles. The highest BCUT2D eigenvalue weighted by Crippen LogP contribution is 2.11. The Labute approximate surface area is 105 Å². The van der Waals surface area contributed by atoms with Gasteiger partial charge in [0.15, 0.2) is 0 Å². The predicted octanol–water partition coefficient (Wildman–Crippen LogP) is 1.08. The summed E-state index contributed by atoms with van der Waals surface area (Å²) in [7, 11) is -1.48.